The molecule has 1 heterocycles. The summed E-state index contributed by atoms with van der Waals surface area (Å²) in [5.41, 5.74) is -1.22. The predicted molar refractivity (Wildman–Crippen MR) is 102 cm³/mol. The molecule has 0 saturated heterocycles. The number of alkyl halides is 3. The van der Waals surface area contributed by atoms with Crippen molar-refractivity contribution in [2.45, 2.75) is 24.5 Å². The van der Waals surface area contributed by atoms with Crippen LogP contribution < -0.4 is 9.46 Å². The minimum absolute atomic E-state index is 0.0831. The second kappa shape index (κ2) is 7.78. The second-order valence-corrected chi connectivity index (χ2v) is 7.72. The fourth-order valence-electron chi connectivity index (χ4n) is 2.87. The molecular formula is C19H18F3N3O3S. The van der Waals surface area contributed by atoms with Crippen LogP contribution in [0.25, 0.3) is 11.1 Å². The SMILES string of the molecule is CCn1nc(NS(=O)(=O)c2ccccc2)c(-c2ccc(OC)cc2)c1C(F)(F)F. The van der Waals surface area contributed by atoms with Gasteiger partial charge >= 0.3 is 6.18 Å². The summed E-state index contributed by atoms with van der Waals surface area (Å²) in [5.74, 6) is 0.0600. The lowest BCUT2D eigenvalue weighted by molar-refractivity contribution is -0.143. The number of sulfonamides is 1. The average Bonchev–Trinajstić information content (AvgIpc) is 3.06. The van der Waals surface area contributed by atoms with E-state index in [0.717, 1.165) is 4.68 Å². The minimum Gasteiger partial charge on any atom is -0.497 e. The van der Waals surface area contributed by atoms with Crippen molar-refractivity contribution in [3.05, 3.63) is 60.3 Å². The Kier molecular flexibility index (Phi) is 5.56. The summed E-state index contributed by atoms with van der Waals surface area (Å²) >= 11 is 0. The monoisotopic (exact) mass is 425 g/mol. The lowest BCUT2D eigenvalue weighted by atomic mass is 10.0. The quantitative estimate of drug-likeness (QED) is 0.636. The summed E-state index contributed by atoms with van der Waals surface area (Å²) < 4.78 is 74.9. The predicted octanol–water partition coefficient (Wildman–Crippen LogP) is 4.40. The molecule has 0 aliphatic rings. The molecule has 0 atom stereocenters. The Hall–Kier alpha value is -3.01. The molecule has 29 heavy (non-hydrogen) atoms. The number of nitrogens with one attached hydrogen (secondary N) is 1. The van der Waals surface area contributed by atoms with E-state index in [-0.39, 0.29) is 22.6 Å². The fourth-order valence-corrected chi connectivity index (χ4v) is 3.90. The topological polar surface area (TPSA) is 73.2 Å². The molecule has 3 aromatic rings. The van der Waals surface area contributed by atoms with Gasteiger partial charge in [-0.15, -0.1) is 0 Å². The number of ether oxygens (including phenoxy) is 1. The number of methoxy groups -OCH3 is 1. The molecule has 154 valence electrons. The molecule has 0 saturated carbocycles. The Labute approximate surface area is 166 Å². The first-order valence-corrected chi connectivity index (χ1v) is 10.1. The first kappa shape index (κ1) is 20.7. The maximum atomic E-state index is 13.8. The van der Waals surface area contributed by atoms with Gasteiger partial charge in [0, 0.05) is 6.54 Å². The van der Waals surface area contributed by atoms with Gasteiger partial charge in [0.2, 0.25) is 0 Å². The van der Waals surface area contributed by atoms with Crippen LogP contribution in [-0.4, -0.2) is 25.3 Å². The van der Waals surface area contributed by atoms with Crippen molar-refractivity contribution in [1.29, 1.82) is 0 Å². The zero-order valence-corrected chi connectivity index (χ0v) is 16.4. The van der Waals surface area contributed by atoms with E-state index in [1.54, 1.807) is 6.07 Å². The maximum absolute atomic E-state index is 13.8. The summed E-state index contributed by atoms with van der Waals surface area (Å²) in [6, 6.07) is 13.2. The van der Waals surface area contributed by atoms with E-state index >= 15 is 0 Å². The highest BCUT2D eigenvalue weighted by Gasteiger charge is 2.40. The van der Waals surface area contributed by atoms with E-state index in [2.05, 4.69) is 9.82 Å². The highest BCUT2D eigenvalue weighted by molar-refractivity contribution is 7.92. The van der Waals surface area contributed by atoms with Crippen LogP contribution in [0.5, 0.6) is 5.75 Å². The first-order chi connectivity index (χ1) is 13.7. The van der Waals surface area contributed by atoms with Crippen LogP contribution in [-0.2, 0) is 22.7 Å². The Morgan fingerprint density at radius 3 is 2.21 bits per heavy atom. The Balaban J connectivity index is 2.20. The summed E-state index contributed by atoms with van der Waals surface area (Å²) in [7, 11) is -2.70. The number of aryl methyl sites for hydroxylation is 1. The van der Waals surface area contributed by atoms with Crippen LogP contribution in [0.1, 0.15) is 12.6 Å². The van der Waals surface area contributed by atoms with Gasteiger partial charge in [0.15, 0.2) is 11.5 Å². The molecule has 0 aliphatic heterocycles. The summed E-state index contributed by atoms with van der Waals surface area (Å²) in [4.78, 5) is -0.0831. The van der Waals surface area contributed by atoms with E-state index in [1.165, 1.54) is 62.6 Å². The van der Waals surface area contributed by atoms with Gasteiger partial charge in [-0.1, -0.05) is 30.3 Å². The van der Waals surface area contributed by atoms with Gasteiger partial charge in [0.1, 0.15) is 5.75 Å². The number of halogens is 3. The number of aromatic nitrogens is 2. The molecular weight excluding hydrogens is 407 g/mol. The molecule has 2 aromatic carbocycles. The van der Waals surface area contributed by atoms with Crippen molar-refractivity contribution in [2.75, 3.05) is 11.8 Å². The third-order valence-electron chi connectivity index (χ3n) is 4.18. The second-order valence-electron chi connectivity index (χ2n) is 6.03. The van der Waals surface area contributed by atoms with E-state index < -0.39 is 27.7 Å². The van der Waals surface area contributed by atoms with Crippen molar-refractivity contribution >= 4 is 15.8 Å². The molecule has 10 heteroatoms. The molecule has 0 amide bonds. The standard InChI is InChI=1S/C19H18F3N3O3S/c1-3-25-17(19(20,21)22)16(13-9-11-14(28-2)12-10-13)18(23-25)24-29(26,27)15-7-5-4-6-8-15/h4-12H,3H2,1-2H3,(H,23,24). The Morgan fingerprint density at radius 2 is 1.69 bits per heavy atom. The molecule has 0 unspecified atom stereocenters. The molecule has 0 fully saturated rings. The number of rotatable bonds is 6. The largest absolute Gasteiger partial charge is 0.497 e. The number of anilines is 1. The summed E-state index contributed by atoms with van der Waals surface area (Å²) in [6.07, 6.45) is -4.74. The fraction of sp³-hybridized carbons (Fsp3) is 0.211. The normalized spacial score (nSPS) is 12.0. The van der Waals surface area contributed by atoms with Gasteiger partial charge in [-0.25, -0.2) is 8.42 Å². The van der Waals surface area contributed by atoms with Gasteiger partial charge in [-0.3, -0.25) is 9.40 Å². The number of benzene rings is 2. The Morgan fingerprint density at radius 1 is 1.07 bits per heavy atom. The third kappa shape index (κ3) is 4.21. The zero-order chi connectivity index (χ0) is 21.2. The minimum atomic E-state index is -4.74. The lowest BCUT2D eigenvalue weighted by Crippen LogP contribution is -2.15. The van der Waals surface area contributed by atoms with Gasteiger partial charge in [0.25, 0.3) is 10.0 Å². The van der Waals surface area contributed by atoms with Crippen LogP contribution in [0.4, 0.5) is 19.0 Å². The van der Waals surface area contributed by atoms with Gasteiger partial charge in [0.05, 0.1) is 17.6 Å². The number of hydrogen-bond acceptors (Lipinski definition) is 4. The van der Waals surface area contributed by atoms with Gasteiger partial charge < -0.3 is 4.74 Å². The van der Waals surface area contributed by atoms with Crippen molar-refractivity contribution in [1.82, 2.24) is 9.78 Å². The van der Waals surface area contributed by atoms with Crippen LogP contribution in [0.2, 0.25) is 0 Å². The van der Waals surface area contributed by atoms with Gasteiger partial charge in [-0.2, -0.15) is 18.3 Å². The van der Waals surface area contributed by atoms with Crippen molar-refractivity contribution < 1.29 is 26.3 Å². The first-order valence-electron chi connectivity index (χ1n) is 8.57. The molecule has 0 radical (unpaired) electrons. The van der Waals surface area contributed by atoms with Crippen molar-refractivity contribution in [3.8, 4) is 16.9 Å². The van der Waals surface area contributed by atoms with Crippen molar-refractivity contribution in [3.63, 3.8) is 0 Å². The molecule has 0 aliphatic carbocycles. The highest BCUT2D eigenvalue weighted by atomic mass is 32.2. The molecule has 6 nitrogen and oxygen atoms in total. The molecule has 1 N–H and O–H groups in total. The number of hydrogen-bond donors (Lipinski definition) is 1. The van der Waals surface area contributed by atoms with E-state index in [4.69, 9.17) is 4.74 Å². The zero-order valence-electron chi connectivity index (χ0n) is 15.6. The smallest absolute Gasteiger partial charge is 0.433 e. The molecule has 3 rings (SSSR count). The highest BCUT2D eigenvalue weighted by Crippen LogP contribution is 2.42. The molecule has 0 spiro atoms. The lowest BCUT2D eigenvalue weighted by Gasteiger charge is -2.13. The van der Waals surface area contributed by atoms with E-state index in [1.807, 2.05) is 0 Å². The van der Waals surface area contributed by atoms with Crippen LogP contribution in [0.3, 0.4) is 0 Å². The van der Waals surface area contributed by atoms with Crippen LogP contribution >= 0.6 is 0 Å². The van der Waals surface area contributed by atoms with E-state index in [0.29, 0.717) is 5.75 Å². The number of nitrogens with zero attached hydrogens (tertiary/aromatic N) is 2. The summed E-state index contributed by atoms with van der Waals surface area (Å²) in [6.45, 7) is 1.40. The van der Waals surface area contributed by atoms with Crippen LogP contribution in [0.15, 0.2) is 59.5 Å². The van der Waals surface area contributed by atoms with Crippen molar-refractivity contribution in [2.24, 2.45) is 0 Å². The third-order valence-corrected chi connectivity index (χ3v) is 5.54. The van der Waals surface area contributed by atoms with Crippen LogP contribution in [0, 0.1) is 0 Å². The molecule has 1 aromatic heterocycles. The molecule has 0 bridgehead atoms. The maximum Gasteiger partial charge on any atom is 0.433 e. The van der Waals surface area contributed by atoms with E-state index in [9.17, 15) is 21.6 Å². The summed E-state index contributed by atoms with van der Waals surface area (Å²) in [5, 5.41) is 3.90. The van der Waals surface area contributed by atoms with Gasteiger partial charge in [-0.05, 0) is 36.8 Å². The Bertz CT molecular complexity index is 1090. The average molecular weight is 425 g/mol.